The molecule has 220 valence electrons. The van der Waals surface area contributed by atoms with Crippen LogP contribution in [0.1, 0.15) is 40.0 Å². The number of allylic oxidation sites excluding steroid dienone is 1. The fourth-order valence-corrected chi connectivity index (χ4v) is 5.23. The molecule has 3 aliphatic rings. The van der Waals surface area contributed by atoms with Crippen molar-refractivity contribution in [1.29, 1.82) is 0 Å². The summed E-state index contributed by atoms with van der Waals surface area (Å²) in [5.41, 5.74) is -0.449. The van der Waals surface area contributed by atoms with Gasteiger partial charge in [0.25, 0.3) is 0 Å². The van der Waals surface area contributed by atoms with E-state index in [1.807, 2.05) is 6.92 Å². The minimum absolute atomic E-state index is 0.237. The maximum absolute atomic E-state index is 12.9. The van der Waals surface area contributed by atoms with Gasteiger partial charge in [0.1, 0.15) is 30.5 Å². The summed E-state index contributed by atoms with van der Waals surface area (Å²) in [7, 11) is 1.24. The second kappa shape index (κ2) is 12.9. The maximum atomic E-state index is 12.9. The maximum Gasteiger partial charge on any atom is 0.337 e. The van der Waals surface area contributed by atoms with Gasteiger partial charge < -0.3 is 49.2 Å². The lowest BCUT2D eigenvalue weighted by Crippen LogP contribution is -2.60. The van der Waals surface area contributed by atoms with Crippen molar-refractivity contribution in [2.75, 3.05) is 13.7 Å². The van der Waals surface area contributed by atoms with Gasteiger partial charge in [-0.2, -0.15) is 0 Å². The van der Waals surface area contributed by atoms with Gasteiger partial charge in [-0.15, -0.1) is 6.58 Å². The Kier molecular flexibility index (Phi) is 10.3. The number of esters is 2. The average Bonchev–Trinajstić information content (AvgIpc) is 3.24. The standard InChI is InChI=1S/C27H40O12/c1-6-27(4,34)9-7-8-13(2)23(32)37-17-10-15-16(24(33)35-5)12-36-25(19(15)14(17)3)39-26-22(31)21(30)20(29)18(11-28)38-26/h6,8,12,14-15,17-22,25-26,28-31,34H,1,7,9-11H2,2-5H3. The van der Waals surface area contributed by atoms with Gasteiger partial charge in [0, 0.05) is 23.3 Å². The van der Waals surface area contributed by atoms with Crippen LogP contribution in [0.15, 0.2) is 36.1 Å². The molecule has 3 rings (SSSR count). The zero-order valence-electron chi connectivity index (χ0n) is 22.6. The molecule has 0 aromatic carbocycles. The van der Waals surface area contributed by atoms with Crippen LogP contribution < -0.4 is 0 Å². The molecule has 12 heteroatoms. The topological polar surface area (TPSA) is 181 Å². The zero-order chi connectivity index (χ0) is 29.1. The van der Waals surface area contributed by atoms with E-state index in [4.69, 9.17) is 23.7 Å². The van der Waals surface area contributed by atoms with Crippen LogP contribution in [0, 0.1) is 17.8 Å². The van der Waals surface area contributed by atoms with Crippen molar-refractivity contribution in [2.24, 2.45) is 17.8 Å². The molecule has 0 bridgehead atoms. The fraction of sp³-hybridized carbons (Fsp3) is 0.704. The minimum atomic E-state index is -1.64. The van der Waals surface area contributed by atoms with Crippen LogP contribution in [0.5, 0.6) is 0 Å². The van der Waals surface area contributed by atoms with Gasteiger partial charge in [0.2, 0.25) is 6.29 Å². The summed E-state index contributed by atoms with van der Waals surface area (Å²) < 4.78 is 27.8. The molecule has 39 heavy (non-hydrogen) atoms. The van der Waals surface area contributed by atoms with Crippen LogP contribution in [0.2, 0.25) is 0 Å². The molecule has 11 unspecified atom stereocenters. The van der Waals surface area contributed by atoms with Crippen molar-refractivity contribution in [3.8, 4) is 0 Å². The van der Waals surface area contributed by atoms with E-state index in [-0.39, 0.29) is 17.9 Å². The third-order valence-corrected chi connectivity index (χ3v) is 7.85. The third kappa shape index (κ3) is 6.88. The molecule has 11 atom stereocenters. The molecule has 1 saturated heterocycles. The van der Waals surface area contributed by atoms with E-state index in [1.54, 1.807) is 19.9 Å². The van der Waals surface area contributed by atoms with Crippen molar-refractivity contribution in [3.63, 3.8) is 0 Å². The van der Waals surface area contributed by atoms with Crippen molar-refractivity contribution >= 4 is 11.9 Å². The van der Waals surface area contributed by atoms with Gasteiger partial charge in [0.05, 0.1) is 31.2 Å². The quantitative estimate of drug-likeness (QED) is 0.139. The molecular weight excluding hydrogens is 516 g/mol. The van der Waals surface area contributed by atoms with Crippen LogP contribution in [0.25, 0.3) is 0 Å². The van der Waals surface area contributed by atoms with Gasteiger partial charge in [0.15, 0.2) is 6.29 Å². The molecule has 2 fully saturated rings. The summed E-state index contributed by atoms with van der Waals surface area (Å²) in [6.45, 7) is 8.02. The monoisotopic (exact) mass is 556 g/mol. The van der Waals surface area contributed by atoms with Gasteiger partial charge >= 0.3 is 11.9 Å². The normalized spacial score (nSPS) is 38.1. The predicted molar refractivity (Wildman–Crippen MR) is 134 cm³/mol. The number of ether oxygens (including phenoxy) is 5. The molecule has 1 aliphatic carbocycles. The Hall–Kier alpha value is -2.32. The van der Waals surface area contributed by atoms with Crippen LogP contribution in [-0.4, -0.2) is 99.9 Å². The highest BCUT2D eigenvalue weighted by Gasteiger charge is 2.54. The second-order valence-electron chi connectivity index (χ2n) is 10.6. The van der Waals surface area contributed by atoms with Crippen LogP contribution >= 0.6 is 0 Å². The lowest BCUT2D eigenvalue weighted by Gasteiger charge is -2.43. The average molecular weight is 557 g/mol. The van der Waals surface area contributed by atoms with E-state index in [9.17, 15) is 35.1 Å². The number of aliphatic hydroxyl groups excluding tert-OH is 4. The molecule has 0 amide bonds. The smallest absolute Gasteiger partial charge is 0.337 e. The Labute approximate surface area is 227 Å². The summed E-state index contributed by atoms with van der Waals surface area (Å²) >= 11 is 0. The Bertz CT molecular complexity index is 956. The van der Waals surface area contributed by atoms with Crippen LogP contribution in [0.4, 0.5) is 0 Å². The highest BCUT2D eigenvalue weighted by atomic mass is 16.8. The van der Waals surface area contributed by atoms with E-state index < -0.39 is 79.1 Å². The van der Waals surface area contributed by atoms with Crippen LogP contribution in [0.3, 0.4) is 0 Å². The van der Waals surface area contributed by atoms with Crippen molar-refractivity contribution in [1.82, 2.24) is 0 Å². The van der Waals surface area contributed by atoms with Gasteiger partial charge in [-0.25, -0.2) is 9.59 Å². The molecule has 12 nitrogen and oxygen atoms in total. The van der Waals surface area contributed by atoms with Crippen molar-refractivity contribution in [3.05, 3.63) is 36.1 Å². The number of carbonyl (C=O) groups is 2. The molecule has 0 aromatic rings. The van der Waals surface area contributed by atoms with Crippen molar-refractivity contribution in [2.45, 2.75) is 88.7 Å². The second-order valence-corrected chi connectivity index (χ2v) is 10.6. The summed E-state index contributed by atoms with van der Waals surface area (Å²) in [5.74, 6) is -2.56. The largest absolute Gasteiger partial charge is 0.472 e. The van der Waals surface area contributed by atoms with Crippen molar-refractivity contribution < 1.29 is 58.8 Å². The van der Waals surface area contributed by atoms with Gasteiger partial charge in [-0.05, 0) is 33.1 Å². The number of rotatable bonds is 10. The number of hydrogen-bond donors (Lipinski definition) is 5. The lowest BCUT2D eigenvalue weighted by atomic mass is 9.83. The number of hydrogen-bond acceptors (Lipinski definition) is 12. The summed E-state index contributed by atoms with van der Waals surface area (Å²) in [6, 6.07) is 0. The number of methoxy groups -OCH3 is 1. The Balaban J connectivity index is 1.76. The van der Waals surface area contributed by atoms with Gasteiger partial charge in [-0.3, -0.25) is 0 Å². The molecule has 2 heterocycles. The van der Waals surface area contributed by atoms with E-state index in [2.05, 4.69) is 6.58 Å². The predicted octanol–water partition coefficient (Wildman–Crippen LogP) is 0.0636. The number of aliphatic hydroxyl groups is 5. The van der Waals surface area contributed by atoms with E-state index in [0.717, 1.165) is 0 Å². The summed E-state index contributed by atoms with van der Waals surface area (Å²) in [4.78, 5) is 25.3. The Morgan fingerprint density at radius 3 is 2.51 bits per heavy atom. The highest BCUT2D eigenvalue weighted by Crippen LogP contribution is 2.48. The zero-order valence-corrected chi connectivity index (χ0v) is 22.6. The van der Waals surface area contributed by atoms with E-state index >= 15 is 0 Å². The SMILES string of the molecule is C=CC(C)(O)CCC=C(C)C(=O)OC1CC2C(C(=O)OC)=COC(OC3OC(CO)C(O)C(O)C3O)C2C1C. The first-order chi connectivity index (χ1) is 18.3. The fourth-order valence-electron chi connectivity index (χ4n) is 5.23. The summed E-state index contributed by atoms with van der Waals surface area (Å²) in [6.07, 6.45) is -3.75. The summed E-state index contributed by atoms with van der Waals surface area (Å²) in [5, 5.41) is 50.2. The van der Waals surface area contributed by atoms with Gasteiger partial charge in [-0.1, -0.05) is 19.1 Å². The third-order valence-electron chi connectivity index (χ3n) is 7.85. The number of carbonyl (C=O) groups excluding carboxylic acids is 2. The molecule has 5 N–H and O–H groups in total. The number of fused-ring (bicyclic) bond motifs is 1. The van der Waals surface area contributed by atoms with E-state index in [1.165, 1.54) is 19.4 Å². The molecule has 0 radical (unpaired) electrons. The highest BCUT2D eigenvalue weighted by molar-refractivity contribution is 5.89. The molecule has 0 aromatic heterocycles. The molecule has 0 spiro atoms. The Morgan fingerprint density at radius 2 is 1.90 bits per heavy atom. The minimum Gasteiger partial charge on any atom is -0.472 e. The Morgan fingerprint density at radius 1 is 1.21 bits per heavy atom. The van der Waals surface area contributed by atoms with Crippen LogP contribution in [-0.2, 0) is 33.3 Å². The molecule has 1 saturated carbocycles. The first-order valence-corrected chi connectivity index (χ1v) is 13.0. The first kappa shape index (κ1) is 31.2. The first-order valence-electron chi connectivity index (χ1n) is 13.0. The molecular formula is C27H40O12. The molecule has 2 aliphatic heterocycles. The lowest BCUT2D eigenvalue weighted by molar-refractivity contribution is -0.342. The van der Waals surface area contributed by atoms with E-state index in [0.29, 0.717) is 18.4 Å².